The predicted octanol–water partition coefficient (Wildman–Crippen LogP) is 4.13. The number of aromatic nitrogens is 2. The molecule has 1 aliphatic carbocycles. The molecule has 5 nitrogen and oxygen atoms in total. The van der Waals surface area contributed by atoms with Gasteiger partial charge in [0, 0.05) is 31.9 Å². The Balaban J connectivity index is 1.69. The summed E-state index contributed by atoms with van der Waals surface area (Å²) in [5.74, 6) is 1.56. The Morgan fingerprint density at radius 3 is 2.92 bits per heavy atom. The number of allylic oxidation sites excluding steroid dienone is 1. The zero-order valence-electron chi connectivity index (χ0n) is 14.1. The van der Waals surface area contributed by atoms with Crippen LogP contribution in [-0.4, -0.2) is 29.9 Å². The first-order valence-corrected chi connectivity index (χ1v) is 8.49. The van der Waals surface area contributed by atoms with Crippen LogP contribution in [0.1, 0.15) is 23.7 Å². The van der Waals surface area contributed by atoms with Crippen molar-refractivity contribution in [2.75, 3.05) is 12.4 Å². The Kier molecular flexibility index (Phi) is 5.56. The largest absolute Gasteiger partial charge is 0.387 e. The molecule has 3 rings (SSSR count). The number of nitrogens with one attached hydrogen (secondary N) is 1. The number of hydrogen-bond donors (Lipinski definition) is 1. The van der Waals surface area contributed by atoms with Gasteiger partial charge in [-0.05, 0) is 54.3 Å². The summed E-state index contributed by atoms with van der Waals surface area (Å²) >= 11 is 6.17. The summed E-state index contributed by atoms with van der Waals surface area (Å²) in [4.78, 5) is 16.7. The smallest absolute Gasteiger partial charge is 0.149 e. The lowest BCUT2D eigenvalue weighted by atomic mass is 10.1. The molecule has 1 saturated carbocycles. The van der Waals surface area contributed by atoms with Crippen LogP contribution in [0.2, 0.25) is 5.02 Å². The Hall–Kier alpha value is -2.53. The predicted molar refractivity (Wildman–Crippen MR) is 104 cm³/mol. The average molecular weight is 354 g/mol. The normalized spacial score (nSPS) is 19.8. The lowest BCUT2D eigenvalue weighted by molar-refractivity contribution is 0.907. The number of aliphatic imine (C=N–C) groups is 2. The topological polar surface area (TPSA) is 62.5 Å². The molecule has 2 atom stereocenters. The number of rotatable bonds is 7. The molecule has 1 aliphatic rings. The van der Waals surface area contributed by atoms with E-state index in [2.05, 4.69) is 44.1 Å². The first-order chi connectivity index (χ1) is 12.2. The maximum Gasteiger partial charge on any atom is 0.149 e. The summed E-state index contributed by atoms with van der Waals surface area (Å²) < 4.78 is 0. The molecule has 1 fully saturated rings. The van der Waals surface area contributed by atoms with Gasteiger partial charge >= 0.3 is 0 Å². The Bertz CT molecular complexity index is 801. The van der Waals surface area contributed by atoms with E-state index in [9.17, 15) is 0 Å². The number of anilines is 1. The van der Waals surface area contributed by atoms with Crippen LogP contribution in [0.15, 0.2) is 58.4 Å². The summed E-state index contributed by atoms with van der Waals surface area (Å²) in [7, 11) is 1.88. The van der Waals surface area contributed by atoms with Crippen molar-refractivity contribution in [1.29, 1.82) is 0 Å². The summed E-state index contributed by atoms with van der Waals surface area (Å²) in [5.41, 5.74) is 3.30. The maximum absolute atomic E-state index is 6.17. The van der Waals surface area contributed by atoms with Crippen LogP contribution >= 0.6 is 11.6 Å². The highest BCUT2D eigenvalue weighted by Gasteiger charge is 2.40. The van der Waals surface area contributed by atoms with Crippen molar-refractivity contribution in [2.45, 2.75) is 18.9 Å². The van der Waals surface area contributed by atoms with Crippen LogP contribution in [0.3, 0.4) is 0 Å². The van der Waals surface area contributed by atoms with E-state index in [-0.39, 0.29) is 0 Å². The van der Waals surface area contributed by atoms with Gasteiger partial charge in [0.1, 0.15) is 5.82 Å². The van der Waals surface area contributed by atoms with Gasteiger partial charge in [0.2, 0.25) is 0 Å². The van der Waals surface area contributed by atoms with Crippen LogP contribution in [0, 0.1) is 5.92 Å². The molecular formula is C19H20ClN5. The van der Waals surface area contributed by atoms with Crippen molar-refractivity contribution in [3.05, 3.63) is 64.8 Å². The maximum atomic E-state index is 6.17. The first kappa shape index (κ1) is 17.3. The summed E-state index contributed by atoms with van der Waals surface area (Å²) in [6.45, 7) is 4.03. The lowest BCUT2D eigenvalue weighted by Crippen LogP contribution is -1.95. The fourth-order valence-electron chi connectivity index (χ4n) is 2.87. The quantitative estimate of drug-likeness (QED) is 0.761. The highest BCUT2D eigenvalue weighted by Crippen LogP contribution is 2.52. The first-order valence-electron chi connectivity index (χ1n) is 8.11. The van der Waals surface area contributed by atoms with E-state index >= 15 is 0 Å². The van der Waals surface area contributed by atoms with Crippen molar-refractivity contribution >= 4 is 30.2 Å². The molecule has 1 aromatic heterocycles. The van der Waals surface area contributed by atoms with Crippen molar-refractivity contribution in [2.24, 2.45) is 15.9 Å². The second kappa shape index (κ2) is 8.03. The van der Waals surface area contributed by atoms with Crippen LogP contribution < -0.4 is 5.32 Å². The van der Waals surface area contributed by atoms with Crippen molar-refractivity contribution in [1.82, 2.24) is 9.97 Å². The molecular weight excluding hydrogens is 334 g/mol. The Morgan fingerprint density at radius 1 is 1.40 bits per heavy atom. The Labute approximate surface area is 152 Å². The molecule has 1 N–H and O–H groups in total. The van der Waals surface area contributed by atoms with E-state index in [0.29, 0.717) is 24.2 Å². The molecule has 0 saturated heterocycles. The highest BCUT2D eigenvalue weighted by atomic mass is 35.5. The highest BCUT2D eigenvalue weighted by molar-refractivity contribution is 6.33. The molecule has 2 aromatic rings. The van der Waals surface area contributed by atoms with Gasteiger partial charge in [0.15, 0.2) is 0 Å². The molecule has 1 aromatic carbocycles. The molecule has 0 radical (unpaired) electrons. The minimum atomic E-state index is 0.400. The van der Waals surface area contributed by atoms with E-state index in [1.54, 1.807) is 24.7 Å². The minimum Gasteiger partial charge on any atom is -0.387 e. The standard InChI is InChI=1S/C19H20ClN5/c1-21-10-14(11-23-12-19-24-6-3-7-25-19)16-9-15(16)13-4-5-17(20)18(8-13)22-2/h3-8,10-11,15-16,22H,1,9,12H2,2H3/b14-10+,23-11-. The van der Waals surface area contributed by atoms with Crippen LogP contribution in [0.4, 0.5) is 5.69 Å². The van der Waals surface area contributed by atoms with Gasteiger partial charge in [-0.15, -0.1) is 0 Å². The van der Waals surface area contributed by atoms with Crippen molar-refractivity contribution in [3.8, 4) is 0 Å². The number of halogens is 1. The SMILES string of the molecule is C=N/C=C(\C=N/Cc1ncccn1)C1CC1c1ccc(Cl)c(NC)c1. The number of benzene rings is 1. The van der Waals surface area contributed by atoms with Gasteiger partial charge in [-0.1, -0.05) is 17.7 Å². The van der Waals surface area contributed by atoms with Crippen LogP contribution in [0.5, 0.6) is 0 Å². The van der Waals surface area contributed by atoms with Crippen LogP contribution in [-0.2, 0) is 6.54 Å². The van der Waals surface area contributed by atoms with Crippen molar-refractivity contribution in [3.63, 3.8) is 0 Å². The number of hydrogen-bond acceptors (Lipinski definition) is 5. The van der Waals surface area contributed by atoms with E-state index in [0.717, 1.165) is 22.7 Å². The molecule has 0 spiro atoms. The fraction of sp³-hybridized carbons (Fsp3) is 0.263. The monoisotopic (exact) mass is 353 g/mol. The third-order valence-electron chi connectivity index (χ3n) is 4.24. The molecule has 25 heavy (non-hydrogen) atoms. The second-order valence-corrected chi connectivity index (χ2v) is 6.29. The fourth-order valence-corrected chi connectivity index (χ4v) is 3.08. The summed E-state index contributed by atoms with van der Waals surface area (Å²) in [6, 6.07) is 7.93. The van der Waals surface area contributed by atoms with Gasteiger partial charge in [0.05, 0.1) is 17.3 Å². The Morgan fingerprint density at radius 2 is 2.20 bits per heavy atom. The van der Waals surface area contributed by atoms with Gasteiger partial charge in [0.25, 0.3) is 0 Å². The third-order valence-corrected chi connectivity index (χ3v) is 4.57. The van der Waals surface area contributed by atoms with Crippen molar-refractivity contribution < 1.29 is 0 Å². The van der Waals surface area contributed by atoms with Gasteiger partial charge in [-0.3, -0.25) is 9.98 Å². The molecule has 2 unspecified atom stereocenters. The van der Waals surface area contributed by atoms with E-state index in [4.69, 9.17) is 11.6 Å². The van der Waals surface area contributed by atoms with Gasteiger partial charge in [-0.25, -0.2) is 9.97 Å². The molecule has 128 valence electrons. The summed E-state index contributed by atoms with van der Waals surface area (Å²) in [5, 5.41) is 3.86. The lowest BCUT2D eigenvalue weighted by Gasteiger charge is -2.07. The summed E-state index contributed by atoms with van der Waals surface area (Å²) in [6.07, 6.45) is 8.16. The van der Waals surface area contributed by atoms with Gasteiger partial charge < -0.3 is 5.32 Å². The molecule has 0 aliphatic heterocycles. The number of nitrogens with zero attached hydrogens (tertiary/aromatic N) is 4. The molecule has 6 heteroatoms. The van der Waals surface area contributed by atoms with Crippen LogP contribution in [0.25, 0.3) is 0 Å². The molecule has 1 heterocycles. The zero-order chi connectivity index (χ0) is 17.6. The second-order valence-electron chi connectivity index (χ2n) is 5.88. The molecule has 0 bridgehead atoms. The zero-order valence-corrected chi connectivity index (χ0v) is 14.8. The average Bonchev–Trinajstić information content (AvgIpc) is 3.43. The van der Waals surface area contributed by atoms with E-state index in [1.165, 1.54) is 5.56 Å². The third kappa shape index (κ3) is 4.31. The van der Waals surface area contributed by atoms with E-state index in [1.807, 2.05) is 19.3 Å². The van der Waals surface area contributed by atoms with E-state index < -0.39 is 0 Å². The molecule has 0 amide bonds. The minimum absolute atomic E-state index is 0.400. The van der Waals surface area contributed by atoms with Gasteiger partial charge in [-0.2, -0.15) is 0 Å².